The highest BCUT2D eigenvalue weighted by molar-refractivity contribution is 7.13. The molecule has 1 aromatic carbocycles. The Bertz CT molecular complexity index is 1390. The summed E-state index contributed by atoms with van der Waals surface area (Å²) in [4.78, 5) is 38.1. The number of hydrogen-bond donors (Lipinski definition) is 1. The monoisotopic (exact) mass is 477 g/mol. The smallest absolute Gasteiger partial charge is 0.267 e. The van der Waals surface area contributed by atoms with Crippen LogP contribution in [0.15, 0.2) is 75.6 Å². The Morgan fingerprint density at radius 3 is 2.44 bits per heavy atom. The molecule has 34 heavy (non-hydrogen) atoms. The highest BCUT2D eigenvalue weighted by atomic mass is 32.1. The fourth-order valence-electron chi connectivity index (χ4n) is 3.33. The van der Waals surface area contributed by atoms with Crippen molar-refractivity contribution in [2.24, 2.45) is 0 Å². The number of ether oxygens (including phenoxy) is 1. The van der Waals surface area contributed by atoms with Gasteiger partial charge in [0.2, 0.25) is 5.91 Å². The number of nitrogens with zero attached hydrogens (tertiary/aromatic N) is 4. The molecule has 0 radical (unpaired) electrons. The quantitative estimate of drug-likeness (QED) is 0.418. The van der Waals surface area contributed by atoms with E-state index in [9.17, 15) is 14.4 Å². The van der Waals surface area contributed by atoms with Crippen LogP contribution < -0.4 is 21.2 Å². The Labute approximate surface area is 199 Å². The Balaban J connectivity index is 1.42. The van der Waals surface area contributed by atoms with Gasteiger partial charge in [-0.2, -0.15) is 10.2 Å². The Morgan fingerprint density at radius 1 is 1.00 bits per heavy atom. The van der Waals surface area contributed by atoms with Crippen LogP contribution >= 0.6 is 11.3 Å². The molecule has 0 spiro atoms. The summed E-state index contributed by atoms with van der Waals surface area (Å²) in [6, 6.07) is 16.5. The molecule has 3 aromatic heterocycles. The molecule has 1 amide bonds. The second-order valence-electron chi connectivity index (χ2n) is 7.45. The third-order valence-corrected chi connectivity index (χ3v) is 6.11. The lowest BCUT2D eigenvalue weighted by molar-refractivity contribution is -0.124. The molecule has 1 atom stereocenters. The van der Waals surface area contributed by atoms with Crippen LogP contribution in [0.1, 0.15) is 13.0 Å². The number of aromatic nitrogens is 4. The van der Waals surface area contributed by atoms with E-state index in [2.05, 4.69) is 15.5 Å². The standard InChI is InChI=1S/C24H23N5O4S/c1-16(29-23(31)12-10-20(27-29)21-4-3-15-34-21)24(32)25-13-14-28-22(30)11-9-19(26-28)17-5-7-18(33-2)8-6-17/h3-12,15-16H,13-14H2,1-2H3,(H,25,32). The molecule has 0 saturated carbocycles. The molecular weight excluding hydrogens is 454 g/mol. The molecular formula is C24H23N5O4S. The number of nitrogens with one attached hydrogen (secondary N) is 1. The second-order valence-corrected chi connectivity index (χ2v) is 8.40. The fourth-order valence-corrected chi connectivity index (χ4v) is 4.02. The predicted molar refractivity (Wildman–Crippen MR) is 130 cm³/mol. The minimum Gasteiger partial charge on any atom is -0.497 e. The van der Waals surface area contributed by atoms with E-state index in [0.717, 1.165) is 16.2 Å². The van der Waals surface area contributed by atoms with Crippen molar-refractivity contribution in [1.29, 1.82) is 0 Å². The number of benzene rings is 1. The van der Waals surface area contributed by atoms with Crippen molar-refractivity contribution in [3.8, 4) is 27.6 Å². The third kappa shape index (κ3) is 5.12. The molecule has 4 rings (SSSR count). The minimum absolute atomic E-state index is 0.168. The van der Waals surface area contributed by atoms with Gasteiger partial charge < -0.3 is 10.1 Å². The zero-order chi connectivity index (χ0) is 24.1. The topological polar surface area (TPSA) is 108 Å². The molecule has 0 aliphatic carbocycles. The summed E-state index contributed by atoms with van der Waals surface area (Å²) in [5, 5.41) is 13.4. The van der Waals surface area contributed by atoms with Gasteiger partial charge in [0, 0.05) is 24.2 Å². The summed E-state index contributed by atoms with van der Waals surface area (Å²) in [7, 11) is 1.59. The molecule has 174 valence electrons. The number of carbonyl (C=O) groups is 1. The maximum absolute atomic E-state index is 12.7. The molecule has 0 aliphatic heterocycles. The Hall–Kier alpha value is -4.05. The largest absolute Gasteiger partial charge is 0.497 e. The van der Waals surface area contributed by atoms with E-state index in [1.54, 1.807) is 26.2 Å². The first-order valence-electron chi connectivity index (χ1n) is 10.6. The molecule has 0 aliphatic rings. The van der Waals surface area contributed by atoms with Crippen LogP contribution in [0.5, 0.6) is 5.75 Å². The summed E-state index contributed by atoms with van der Waals surface area (Å²) in [5.74, 6) is 0.348. The van der Waals surface area contributed by atoms with Gasteiger partial charge in [0.05, 0.1) is 24.2 Å². The summed E-state index contributed by atoms with van der Waals surface area (Å²) in [6.07, 6.45) is 0. The molecule has 0 bridgehead atoms. The average molecular weight is 478 g/mol. The Kier molecular flexibility index (Phi) is 6.98. The van der Waals surface area contributed by atoms with Gasteiger partial charge in [-0.25, -0.2) is 9.36 Å². The van der Waals surface area contributed by atoms with Gasteiger partial charge in [-0.15, -0.1) is 11.3 Å². The van der Waals surface area contributed by atoms with Gasteiger partial charge in [-0.3, -0.25) is 14.4 Å². The fraction of sp³-hybridized carbons (Fsp3) is 0.208. The minimum atomic E-state index is -0.817. The first-order valence-corrected chi connectivity index (χ1v) is 11.5. The number of rotatable bonds is 8. The van der Waals surface area contributed by atoms with Crippen LogP contribution in [0.3, 0.4) is 0 Å². The average Bonchev–Trinajstić information content (AvgIpc) is 3.40. The number of methoxy groups -OCH3 is 1. The van der Waals surface area contributed by atoms with Crippen molar-refractivity contribution >= 4 is 17.2 Å². The highest BCUT2D eigenvalue weighted by Gasteiger charge is 2.18. The van der Waals surface area contributed by atoms with Crippen LogP contribution in [0.25, 0.3) is 21.8 Å². The van der Waals surface area contributed by atoms with Crippen molar-refractivity contribution in [1.82, 2.24) is 24.9 Å². The zero-order valence-corrected chi connectivity index (χ0v) is 19.5. The van der Waals surface area contributed by atoms with E-state index >= 15 is 0 Å². The molecule has 0 saturated heterocycles. The van der Waals surface area contributed by atoms with Crippen molar-refractivity contribution in [2.45, 2.75) is 19.5 Å². The van der Waals surface area contributed by atoms with Crippen LogP contribution in [0.2, 0.25) is 0 Å². The van der Waals surface area contributed by atoms with Gasteiger partial charge >= 0.3 is 0 Å². The summed E-state index contributed by atoms with van der Waals surface area (Å²) in [6.45, 7) is 1.96. The SMILES string of the molecule is COc1ccc(-c2ccc(=O)n(CCNC(=O)C(C)n3nc(-c4cccs4)ccc3=O)n2)cc1. The van der Waals surface area contributed by atoms with E-state index in [4.69, 9.17) is 4.74 Å². The van der Waals surface area contributed by atoms with E-state index in [1.807, 2.05) is 41.8 Å². The zero-order valence-electron chi connectivity index (χ0n) is 18.7. The van der Waals surface area contributed by atoms with Gasteiger partial charge in [0.1, 0.15) is 17.5 Å². The number of thiophene rings is 1. The first kappa shape index (κ1) is 23.1. The van der Waals surface area contributed by atoms with Gasteiger partial charge in [0.15, 0.2) is 0 Å². The molecule has 4 aromatic rings. The highest BCUT2D eigenvalue weighted by Crippen LogP contribution is 2.22. The van der Waals surface area contributed by atoms with Crippen LogP contribution in [-0.4, -0.2) is 39.1 Å². The maximum Gasteiger partial charge on any atom is 0.267 e. The van der Waals surface area contributed by atoms with E-state index in [0.29, 0.717) is 11.4 Å². The lowest BCUT2D eigenvalue weighted by atomic mass is 10.1. The molecule has 0 fully saturated rings. The number of hydrogen-bond acceptors (Lipinski definition) is 7. The lowest BCUT2D eigenvalue weighted by Crippen LogP contribution is -2.39. The molecule has 10 heteroatoms. The van der Waals surface area contributed by atoms with Gasteiger partial charge in [0.25, 0.3) is 11.1 Å². The van der Waals surface area contributed by atoms with E-state index in [1.165, 1.54) is 32.8 Å². The summed E-state index contributed by atoms with van der Waals surface area (Å²) < 4.78 is 7.63. The second kappa shape index (κ2) is 10.3. The maximum atomic E-state index is 12.7. The molecule has 9 nitrogen and oxygen atoms in total. The van der Waals surface area contributed by atoms with E-state index < -0.39 is 6.04 Å². The number of carbonyl (C=O) groups excluding carboxylic acids is 1. The van der Waals surface area contributed by atoms with Gasteiger partial charge in [-0.05, 0) is 54.8 Å². The summed E-state index contributed by atoms with van der Waals surface area (Å²) >= 11 is 1.50. The molecule has 1 N–H and O–H groups in total. The lowest BCUT2D eigenvalue weighted by Gasteiger charge is -2.15. The van der Waals surface area contributed by atoms with Crippen LogP contribution in [-0.2, 0) is 11.3 Å². The van der Waals surface area contributed by atoms with Gasteiger partial charge in [-0.1, -0.05) is 6.07 Å². The van der Waals surface area contributed by atoms with Crippen molar-refractivity contribution in [2.75, 3.05) is 13.7 Å². The van der Waals surface area contributed by atoms with Crippen LogP contribution in [0.4, 0.5) is 0 Å². The van der Waals surface area contributed by atoms with E-state index in [-0.39, 0.29) is 30.1 Å². The molecule has 1 unspecified atom stereocenters. The van der Waals surface area contributed by atoms with Crippen molar-refractivity contribution in [3.05, 3.63) is 86.8 Å². The predicted octanol–water partition coefficient (Wildman–Crippen LogP) is 2.58. The first-order chi connectivity index (χ1) is 16.5. The number of amides is 1. The van der Waals surface area contributed by atoms with Crippen molar-refractivity contribution in [3.63, 3.8) is 0 Å². The normalized spacial score (nSPS) is 11.7. The third-order valence-electron chi connectivity index (χ3n) is 5.22. The summed E-state index contributed by atoms with van der Waals surface area (Å²) in [5.41, 5.74) is 1.45. The van der Waals surface area contributed by atoms with Crippen molar-refractivity contribution < 1.29 is 9.53 Å². The Morgan fingerprint density at radius 2 is 1.74 bits per heavy atom. The molecule has 3 heterocycles. The van der Waals surface area contributed by atoms with Crippen LogP contribution in [0, 0.1) is 0 Å².